The molecule has 0 aliphatic rings. The molecular formula is C28H30N2O2. The summed E-state index contributed by atoms with van der Waals surface area (Å²) in [6, 6.07) is 16.7. The van der Waals surface area contributed by atoms with Crippen LogP contribution >= 0.6 is 0 Å². The van der Waals surface area contributed by atoms with Crippen LogP contribution in [0.3, 0.4) is 0 Å². The van der Waals surface area contributed by atoms with Crippen LogP contribution in [0.4, 0.5) is 0 Å². The number of pyridine rings is 1. The molecular weight excluding hydrogens is 396 g/mol. The Morgan fingerprint density at radius 3 is 2.19 bits per heavy atom. The number of amides is 1. The van der Waals surface area contributed by atoms with E-state index < -0.39 is 5.91 Å². The fraction of sp³-hybridized carbons (Fsp3) is 0.214. The third-order valence-corrected chi connectivity index (χ3v) is 5.55. The summed E-state index contributed by atoms with van der Waals surface area (Å²) in [5.74, 6) is -0.545. The van der Waals surface area contributed by atoms with Crippen LogP contribution in [0, 0.1) is 6.92 Å². The van der Waals surface area contributed by atoms with Crippen LogP contribution in [0.1, 0.15) is 59.4 Å². The largest absolute Gasteiger partial charge is 0.288 e. The topological polar surface area (TPSA) is 62.2 Å². The zero-order valence-corrected chi connectivity index (χ0v) is 19.0. The lowest BCUT2D eigenvalue weighted by molar-refractivity contribution is 0.0705. The van der Waals surface area contributed by atoms with Gasteiger partial charge in [0.25, 0.3) is 5.91 Å². The Morgan fingerprint density at radius 1 is 1.06 bits per heavy atom. The molecule has 0 saturated carbocycles. The number of nitrogens with zero attached hydrogens (tertiary/aromatic N) is 1. The molecule has 4 heteroatoms. The van der Waals surface area contributed by atoms with E-state index in [0.29, 0.717) is 23.2 Å². The first-order valence-electron chi connectivity index (χ1n) is 11.0. The number of rotatable bonds is 8. The lowest BCUT2D eigenvalue weighted by atomic mass is 9.90. The molecule has 1 aromatic heterocycles. The molecule has 2 aromatic carbocycles. The van der Waals surface area contributed by atoms with Crippen molar-refractivity contribution in [2.24, 2.45) is 0 Å². The second kappa shape index (κ2) is 10.7. The summed E-state index contributed by atoms with van der Waals surface area (Å²) in [5.41, 5.74) is 9.53. The molecule has 0 saturated heterocycles. The first-order chi connectivity index (χ1) is 15.5. The van der Waals surface area contributed by atoms with E-state index in [9.17, 15) is 10.0 Å². The fourth-order valence-corrected chi connectivity index (χ4v) is 3.87. The van der Waals surface area contributed by atoms with Crippen molar-refractivity contribution in [3.8, 4) is 22.4 Å². The van der Waals surface area contributed by atoms with Crippen molar-refractivity contribution in [1.82, 2.24) is 10.5 Å². The van der Waals surface area contributed by atoms with Crippen molar-refractivity contribution in [2.45, 2.75) is 40.0 Å². The minimum Gasteiger partial charge on any atom is -0.288 e. The molecule has 0 spiro atoms. The van der Waals surface area contributed by atoms with Crippen molar-refractivity contribution in [2.75, 3.05) is 0 Å². The van der Waals surface area contributed by atoms with E-state index in [2.05, 4.69) is 56.8 Å². The van der Waals surface area contributed by atoms with Crippen molar-refractivity contribution in [1.29, 1.82) is 0 Å². The molecule has 0 aliphatic carbocycles. The molecule has 0 bridgehead atoms. The van der Waals surface area contributed by atoms with Crippen LogP contribution < -0.4 is 5.48 Å². The highest BCUT2D eigenvalue weighted by Crippen LogP contribution is 2.32. The molecule has 0 unspecified atom stereocenters. The Balaban J connectivity index is 2.21. The number of benzene rings is 2. The van der Waals surface area contributed by atoms with Gasteiger partial charge in [0.1, 0.15) is 0 Å². The van der Waals surface area contributed by atoms with Gasteiger partial charge in [-0.1, -0.05) is 86.2 Å². The van der Waals surface area contributed by atoms with Gasteiger partial charge in [-0.05, 0) is 49.5 Å². The summed E-state index contributed by atoms with van der Waals surface area (Å²) >= 11 is 0. The molecule has 0 aliphatic heterocycles. The fourth-order valence-electron chi connectivity index (χ4n) is 3.87. The second-order valence-corrected chi connectivity index (χ2v) is 7.80. The van der Waals surface area contributed by atoms with E-state index >= 15 is 0 Å². The predicted molar refractivity (Wildman–Crippen MR) is 133 cm³/mol. The van der Waals surface area contributed by atoms with E-state index in [4.69, 9.17) is 4.98 Å². The molecule has 1 amide bonds. The highest BCUT2D eigenvalue weighted by molar-refractivity contribution is 6.01. The Bertz CT molecular complexity index is 1130. The van der Waals surface area contributed by atoms with Gasteiger partial charge >= 0.3 is 0 Å². The minimum absolute atomic E-state index is 0.427. The smallest absolute Gasteiger partial charge is 0.275 e. The number of unbranched alkanes of at least 4 members (excludes halogenated alkanes) is 1. The maximum absolute atomic E-state index is 12.7. The summed E-state index contributed by atoms with van der Waals surface area (Å²) < 4.78 is 0. The third-order valence-electron chi connectivity index (χ3n) is 5.55. The van der Waals surface area contributed by atoms with Gasteiger partial charge in [0.2, 0.25) is 0 Å². The van der Waals surface area contributed by atoms with Gasteiger partial charge in [0.15, 0.2) is 0 Å². The van der Waals surface area contributed by atoms with Crippen molar-refractivity contribution in [3.63, 3.8) is 0 Å². The van der Waals surface area contributed by atoms with Crippen LogP contribution in [0.25, 0.3) is 34.5 Å². The lowest BCUT2D eigenvalue weighted by Gasteiger charge is -2.18. The number of carbonyl (C=O) groups excluding carboxylic acids is 1. The third kappa shape index (κ3) is 4.87. The summed E-state index contributed by atoms with van der Waals surface area (Å²) in [5, 5.41) is 9.45. The van der Waals surface area contributed by atoms with Gasteiger partial charge in [-0.2, -0.15) is 0 Å². The van der Waals surface area contributed by atoms with Crippen LogP contribution in [-0.4, -0.2) is 16.1 Å². The van der Waals surface area contributed by atoms with Crippen molar-refractivity contribution in [3.05, 3.63) is 89.1 Å². The van der Waals surface area contributed by atoms with Gasteiger partial charge in [-0.25, -0.2) is 10.5 Å². The number of aromatic nitrogens is 1. The monoisotopic (exact) mass is 426 g/mol. The first kappa shape index (κ1) is 23.2. The molecule has 0 radical (unpaired) electrons. The summed E-state index contributed by atoms with van der Waals surface area (Å²) in [6.45, 7) is 9.98. The second-order valence-electron chi connectivity index (χ2n) is 7.80. The highest BCUT2D eigenvalue weighted by atomic mass is 16.5. The van der Waals surface area contributed by atoms with E-state index in [0.717, 1.165) is 40.8 Å². The van der Waals surface area contributed by atoms with Crippen LogP contribution in [-0.2, 0) is 6.42 Å². The molecule has 3 aromatic rings. The number of allylic oxidation sites excluding steroid dienone is 1. The Labute approximate surface area is 190 Å². The average Bonchev–Trinajstić information content (AvgIpc) is 2.82. The van der Waals surface area contributed by atoms with Gasteiger partial charge in [0.05, 0.1) is 17.0 Å². The summed E-state index contributed by atoms with van der Waals surface area (Å²) in [4.78, 5) is 17.7. The molecule has 2 N–H and O–H groups in total. The Kier molecular flexibility index (Phi) is 7.74. The van der Waals surface area contributed by atoms with E-state index in [-0.39, 0.29) is 0 Å². The van der Waals surface area contributed by atoms with Crippen LogP contribution in [0.2, 0.25) is 0 Å². The predicted octanol–water partition coefficient (Wildman–Crippen LogP) is 6.86. The van der Waals surface area contributed by atoms with E-state index in [1.54, 1.807) is 6.08 Å². The molecule has 1 heterocycles. The van der Waals surface area contributed by atoms with E-state index in [1.165, 1.54) is 5.56 Å². The standard InChI is InChI=1S/C28H30N2O2/c1-5-8-10-24-26(28(31)30-32)23(7-3)25(9-6-2)29-27(24)22-17-15-21(16-18-22)20-13-11-19(4)12-14-20/h6-7,9,11-18,32H,3,5,8,10H2,1-2,4H3,(H,30,31)/b9-6-. The number of aryl methyl sites for hydroxylation is 1. The normalized spacial score (nSPS) is 11.0. The number of hydroxylamine groups is 1. The molecule has 0 atom stereocenters. The molecule has 0 fully saturated rings. The zero-order chi connectivity index (χ0) is 23.1. The molecule has 32 heavy (non-hydrogen) atoms. The summed E-state index contributed by atoms with van der Waals surface area (Å²) in [7, 11) is 0. The minimum atomic E-state index is -0.545. The lowest BCUT2D eigenvalue weighted by Crippen LogP contribution is -2.23. The highest BCUT2D eigenvalue weighted by Gasteiger charge is 2.23. The number of carbonyl (C=O) groups is 1. The maximum Gasteiger partial charge on any atom is 0.275 e. The van der Waals surface area contributed by atoms with Gasteiger partial charge in [-0.3, -0.25) is 10.0 Å². The Hall–Kier alpha value is -3.50. The van der Waals surface area contributed by atoms with E-state index in [1.807, 2.05) is 36.7 Å². The van der Waals surface area contributed by atoms with Gasteiger partial charge < -0.3 is 0 Å². The molecule has 3 rings (SSSR count). The number of hydrogen-bond acceptors (Lipinski definition) is 3. The Morgan fingerprint density at radius 2 is 1.66 bits per heavy atom. The SMILES string of the molecule is C=Cc1c(/C=C\C)nc(-c2ccc(-c3ccc(C)cc3)cc2)c(CCCC)c1C(=O)NO. The van der Waals surface area contributed by atoms with Gasteiger partial charge in [-0.15, -0.1) is 0 Å². The van der Waals surface area contributed by atoms with Crippen LogP contribution in [0.5, 0.6) is 0 Å². The average molecular weight is 427 g/mol. The summed E-state index contributed by atoms with van der Waals surface area (Å²) in [6.07, 6.45) is 7.93. The zero-order valence-electron chi connectivity index (χ0n) is 19.0. The number of hydrogen-bond donors (Lipinski definition) is 2. The van der Waals surface area contributed by atoms with Crippen molar-refractivity contribution >= 4 is 18.1 Å². The maximum atomic E-state index is 12.7. The number of nitrogens with one attached hydrogen (secondary N) is 1. The molecule has 164 valence electrons. The first-order valence-corrected chi connectivity index (χ1v) is 11.0. The van der Waals surface area contributed by atoms with Crippen LogP contribution in [0.15, 0.2) is 61.2 Å². The van der Waals surface area contributed by atoms with Crippen molar-refractivity contribution < 1.29 is 10.0 Å². The van der Waals surface area contributed by atoms with Gasteiger partial charge in [0, 0.05) is 11.1 Å². The quantitative estimate of drug-likeness (QED) is 0.305. The molecule has 4 nitrogen and oxygen atoms in total.